The van der Waals surface area contributed by atoms with E-state index in [1.54, 1.807) is 32.0 Å². The molecule has 1 aromatic carbocycles. The highest BCUT2D eigenvalue weighted by Crippen LogP contribution is 2.19. The Bertz CT molecular complexity index is 501. The maximum Gasteiger partial charge on any atom is 0.319 e. The Morgan fingerprint density at radius 3 is 2.53 bits per heavy atom. The van der Waals surface area contributed by atoms with Crippen molar-refractivity contribution in [3.63, 3.8) is 0 Å². The topological polar surface area (TPSA) is 78.4 Å². The number of carboxylic acid groups (broad SMARTS) is 1. The summed E-state index contributed by atoms with van der Waals surface area (Å²) in [5, 5.41) is 14.6. The van der Waals surface area contributed by atoms with Crippen LogP contribution in [0.4, 0.5) is 10.5 Å². The highest BCUT2D eigenvalue weighted by atomic mass is 35.5. The van der Waals surface area contributed by atoms with Crippen LogP contribution in [0.2, 0.25) is 5.02 Å². The van der Waals surface area contributed by atoms with Crippen molar-refractivity contribution >= 4 is 29.3 Å². The molecule has 0 unspecified atom stereocenters. The zero-order valence-corrected chi connectivity index (χ0v) is 11.8. The van der Waals surface area contributed by atoms with E-state index in [4.69, 9.17) is 16.7 Å². The Kier molecular flexibility index (Phi) is 4.78. The smallest absolute Gasteiger partial charge is 0.319 e. The van der Waals surface area contributed by atoms with Gasteiger partial charge in [-0.25, -0.2) is 4.79 Å². The molecular formula is C13H17ClN2O3. The fourth-order valence-electron chi connectivity index (χ4n) is 1.65. The maximum absolute atomic E-state index is 11.8. The van der Waals surface area contributed by atoms with Crippen LogP contribution in [0.15, 0.2) is 18.2 Å². The summed E-state index contributed by atoms with van der Waals surface area (Å²) in [5.74, 6) is -0.965. The molecule has 19 heavy (non-hydrogen) atoms. The number of hydrogen-bond donors (Lipinski definition) is 3. The van der Waals surface area contributed by atoms with Gasteiger partial charge in [-0.1, -0.05) is 11.6 Å². The standard InChI is InChI=1S/C13H17ClN2O3/c1-8-6-9(14)4-5-10(8)15-12(19)16-13(2,3)7-11(17)18/h4-6H,7H2,1-3H3,(H,17,18)(H2,15,16,19). The fraction of sp³-hybridized carbons (Fsp3) is 0.385. The molecule has 0 aromatic heterocycles. The van der Waals surface area contributed by atoms with Gasteiger partial charge in [-0.3, -0.25) is 4.79 Å². The summed E-state index contributed by atoms with van der Waals surface area (Å²) >= 11 is 5.82. The molecule has 1 rings (SSSR count). The van der Waals surface area contributed by atoms with E-state index in [-0.39, 0.29) is 6.42 Å². The summed E-state index contributed by atoms with van der Waals surface area (Å²) in [5.41, 5.74) is 0.641. The lowest BCUT2D eigenvalue weighted by Crippen LogP contribution is -2.46. The maximum atomic E-state index is 11.8. The molecule has 0 fully saturated rings. The number of carboxylic acids is 1. The highest BCUT2D eigenvalue weighted by molar-refractivity contribution is 6.30. The van der Waals surface area contributed by atoms with Crippen molar-refractivity contribution in [1.82, 2.24) is 5.32 Å². The van der Waals surface area contributed by atoms with E-state index in [0.29, 0.717) is 10.7 Å². The van der Waals surface area contributed by atoms with Crippen molar-refractivity contribution in [3.05, 3.63) is 28.8 Å². The van der Waals surface area contributed by atoms with Gasteiger partial charge in [-0.2, -0.15) is 0 Å². The van der Waals surface area contributed by atoms with Crippen molar-refractivity contribution < 1.29 is 14.7 Å². The molecule has 0 aliphatic carbocycles. The Morgan fingerprint density at radius 2 is 2.00 bits per heavy atom. The number of amides is 2. The van der Waals surface area contributed by atoms with Crippen molar-refractivity contribution in [3.8, 4) is 0 Å². The summed E-state index contributed by atoms with van der Waals surface area (Å²) in [6.45, 7) is 5.12. The van der Waals surface area contributed by atoms with E-state index >= 15 is 0 Å². The third kappa shape index (κ3) is 5.18. The quantitative estimate of drug-likeness (QED) is 0.795. The zero-order valence-electron chi connectivity index (χ0n) is 11.1. The number of carbonyl (C=O) groups excluding carboxylic acids is 1. The minimum absolute atomic E-state index is 0.153. The van der Waals surface area contributed by atoms with Crippen molar-refractivity contribution in [2.45, 2.75) is 32.7 Å². The average Bonchev–Trinajstić information content (AvgIpc) is 2.19. The van der Waals surface area contributed by atoms with Gasteiger partial charge in [0.05, 0.1) is 6.42 Å². The van der Waals surface area contributed by atoms with Crippen molar-refractivity contribution in [1.29, 1.82) is 0 Å². The molecule has 104 valence electrons. The molecule has 6 heteroatoms. The number of aliphatic carboxylic acids is 1. The third-order valence-electron chi connectivity index (χ3n) is 2.48. The third-order valence-corrected chi connectivity index (χ3v) is 2.72. The lowest BCUT2D eigenvalue weighted by atomic mass is 10.0. The molecule has 0 spiro atoms. The van der Waals surface area contributed by atoms with Crippen LogP contribution in [0.5, 0.6) is 0 Å². The lowest BCUT2D eigenvalue weighted by molar-refractivity contribution is -0.138. The second kappa shape index (κ2) is 5.93. The van der Waals surface area contributed by atoms with Crippen LogP contribution in [0.25, 0.3) is 0 Å². The number of benzene rings is 1. The monoisotopic (exact) mass is 284 g/mol. The van der Waals surface area contributed by atoms with E-state index in [1.165, 1.54) is 0 Å². The minimum Gasteiger partial charge on any atom is -0.481 e. The normalized spacial score (nSPS) is 10.9. The van der Waals surface area contributed by atoms with Gasteiger partial charge < -0.3 is 15.7 Å². The van der Waals surface area contributed by atoms with Gasteiger partial charge in [-0.15, -0.1) is 0 Å². The number of halogens is 1. The van der Waals surface area contributed by atoms with Crippen LogP contribution in [0.3, 0.4) is 0 Å². The predicted octanol–water partition coefficient (Wildman–Crippen LogP) is 3.02. The minimum atomic E-state index is -0.965. The van der Waals surface area contributed by atoms with E-state index in [2.05, 4.69) is 10.6 Å². The van der Waals surface area contributed by atoms with Gasteiger partial charge in [0.25, 0.3) is 0 Å². The summed E-state index contributed by atoms with van der Waals surface area (Å²) in [6, 6.07) is 4.66. The molecule has 0 heterocycles. The largest absolute Gasteiger partial charge is 0.481 e. The molecule has 0 radical (unpaired) electrons. The molecule has 2 amide bonds. The second-order valence-corrected chi connectivity index (χ2v) is 5.43. The van der Waals surface area contributed by atoms with Gasteiger partial charge >= 0.3 is 12.0 Å². The van der Waals surface area contributed by atoms with Crippen LogP contribution in [-0.2, 0) is 4.79 Å². The Balaban J connectivity index is 2.67. The zero-order chi connectivity index (χ0) is 14.6. The number of carbonyl (C=O) groups is 2. The van der Waals surface area contributed by atoms with Gasteiger partial charge in [0.15, 0.2) is 0 Å². The van der Waals surface area contributed by atoms with E-state index in [9.17, 15) is 9.59 Å². The number of anilines is 1. The van der Waals surface area contributed by atoms with E-state index in [0.717, 1.165) is 5.56 Å². The SMILES string of the molecule is Cc1cc(Cl)ccc1NC(=O)NC(C)(C)CC(=O)O. The number of aryl methyl sites for hydroxylation is 1. The van der Waals surface area contributed by atoms with Crippen LogP contribution in [-0.4, -0.2) is 22.6 Å². The molecule has 0 aliphatic heterocycles. The molecule has 0 saturated carbocycles. The Hall–Kier alpha value is -1.75. The van der Waals surface area contributed by atoms with Crippen LogP contribution in [0.1, 0.15) is 25.8 Å². The van der Waals surface area contributed by atoms with Gasteiger partial charge in [0.1, 0.15) is 0 Å². The summed E-state index contributed by atoms with van der Waals surface area (Å²) < 4.78 is 0. The summed E-state index contributed by atoms with van der Waals surface area (Å²) in [7, 11) is 0. The first kappa shape index (κ1) is 15.3. The molecular weight excluding hydrogens is 268 g/mol. The second-order valence-electron chi connectivity index (χ2n) is 4.99. The van der Waals surface area contributed by atoms with Gasteiger partial charge in [0, 0.05) is 16.2 Å². The van der Waals surface area contributed by atoms with Gasteiger partial charge in [-0.05, 0) is 44.5 Å². The van der Waals surface area contributed by atoms with Crippen LogP contribution >= 0.6 is 11.6 Å². The highest BCUT2D eigenvalue weighted by Gasteiger charge is 2.23. The molecule has 0 aliphatic rings. The summed E-state index contributed by atoms with van der Waals surface area (Å²) in [6.07, 6.45) is -0.153. The first-order valence-corrected chi connectivity index (χ1v) is 6.14. The molecule has 3 N–H and O–H groups in total. The van der Waals surface area contributed by atoms with Gasteiger partial charge in [0.2, 0.25) is 0 Å². The molecule has 0 saturated heterocycles. The van der Waals surface area contributed by atoms with E-state index in [1.807, 2.05) is 6.92 Å². The fourth-order valence-corrected chi connectivity index (χ4v) is 1.88. The Labute approximate surface area is 117 Å². The first-order chi connectivity index (χ1) is 8.69. The Morgan fingerprint density at radius 1 is 1.37 bits per heavy atom. The van der Waals surface area contributed by atoms with Crippen molar-refractivity contribution in [2.75, 3.05) is 5.32 Å². The molecule has 0 atom stereocenters. The average molecular weight is 285 g/mol. The predicted molar refractivity (Wildman–Crippen MR) is 74.7 cm³/mol. The van der Waals surface area contributed by atoms with Crippen molar-refractivity contribution in [2.24, 2.45) is 0 Å². The number of hydrogen-bond acceptors (Lipinski definition) is 2. The first-order valence-electron chi connectivity index (χ1n) is 5.77. The number of rotatable bonds is 4. The molecule has 0 bridgehead atoms. The molecule has 5 nitrogen and oxygen atoms in total. The van der Waals surface area contributed by atoms with Crippen LogP contribution in [0, 0.1) is 6.92 Å². The number of urea groups is 1. The lowest BCUT2D eigenvalue weighted by Gasteiger charge is -2.24. The summed E-state index contributed by atoms with van der Waals surface area (Å²) in [4.78, 5) is 22.5. The van der Waals surface area contributed by atoms with E-state index < -0.39 is 17.5 Å². The number of nitrogens with one attached hydrogen (secondary N) is 2. The van der Waals surface area contributed by atoms with Crippen LogP contribution < -0.4 is 10.6 Å². The molecule has 1 aromatic rings.